The van der Waals surface area contributed by atoms with E-state index in [1.54, 1.807) is 17.4 Å². The van der Waals surface area contributed by atoms with Crippen molar-refractivity contribution >= 4 is 11.3 Å². The van der Waals surface area contributed by atoms with Crippen molar-refractivity contribution in [1.29, 1.82) is 0 Å². The molecule has 0 saturated carbocycles. The highest BCUT2D eigenvalue weighted by Gasteiger charge is 2.08. The van der Waals surface area contributed by atoms with Gasteiger partial charge in [-0.15, -0.1) is 11.3 Å². The van der Waals surface area contributed by atoms with Crippen LogP contribution >= 0.6 is 11.3 Å². The van der Waals surface area contributed by atoms with Crippen LogP contribution in [0.3, 0.4) is 0 Å². The fourth-order valence-electron chi connectivity index (χ4n) is 1.81. The number of rotatable bonds is 5. The number of halogens is 1. The minimum atomic E-state index is -0.128. The van der Waals surface area contributed by atoms with Crippen LogP contribution < -0.4 is 5.32 Å². The van der Waals surface area contributed by atoms with E-state index in [1.807, 2.05) is 19.1 Å². The molecule has 1 N–H and O–H groups in total. The number of benzene rings is 1. The van der Waals surface area contributed by atoms with Crippen LogP contribution in [0.15, 0.2) is 29.6 Å². The van der Waals surface area contributed by atoms with Crippen molar-refractivity contribution in [1.82, 2.24) is 10.3 Å². The highest BCUT2D eigenvalue weighted by atomic mass is 32.1. The summed E-state index contributed by atoms with van der Waals surface area (Å²) in [7, 11) is 0. The van der Waals surface area contributed by atoms with Gasteiger partial charge < -0.3 is 5.32 Å². The zero-order valence-corrected chi connectivity index (χ0v) is 11.4. The maximum absolute atomic E-state index is 13.4. The molecule has 1 heterocycles. The number of nitrogens with zero attached hydrogens (tertiary/aromatic N) is 1. The Balaban J connectivity index is 1.84. The lowest BCUT2D eigenvalue weighted by atomic mass is 10.1. The Hall–Kier alpha value is -1.26. The van der Waals surface area contributed by atoms with Gasteiger partial charge in [0.1, 0.15) is 5.82 Å². The molecule has 0 radical (unpaired) electrons. The molecule has 0 bridgehead atoms. The number of aromatic nitrogens is 1. The molecule has 4 heteroatoms. The molecule has 1 aromatic carbocycles. The van der Waals surface area contributed by atoms with Gasteiger partial charge in [-0.05, 0) is 38.4 Å². The molecule has 0 aliphatic heterocycles. The molecule has 96 valence electrons. The third-order valence-electron chi connectivity index (χ3n) is 2.88. The van der Waals surface area contributed by atoms with Gasteiger partial charge in [0, 0.05) is 11.4 Å². The number of hydrogen-bond donors (Lipinski definition) is 1. The van der Waals surface area contributed by atoms with Crippen LogP contribution in [0, 0.1) is 12.7 Å². The zero-order valence-electron chi connectivity index (χ0n) is 10.6. The normalized spacial score (nSPS) is 12.6. The van der Waals surface area contributed by atoms with Crippen LogP contribution in [0.5, 0.6) is 0 Å². The van der Waals surface area contributed by atoms with E-state index >= 15 is 0 Å². The number of aryl methyl sites for hydroxylation is 1. The largest absolute Gasteiger partial charge is 0.308 e. The summed E-state index contributed by atoms with van der Waals surface area (Å²) in [6, 6.07) is 7.12. The van der Waals surface area contributed by atoms with Crippen molar-refractivity contribution < 1.29 is 4.39 Å². The van der Waals surface area contributed by atoms with Gasteiger partial charge in [0.25, 0.3) is 0 Å². The second kappa shape index (κ2) is 6.07. The van der Waals surface area contributed by atoms with E-state index in [4.69, 9.17) is 0 Å². The quantitative estimate of drug-likeness (QED) is 0.894. The molecule has 0 fully saturated rings. The summed E-state index contributed by atoms with van der Waals surface area (Å²) in [6.45, 7) is 4.83. The first-order valence-corrected chi connectivity index (χ1v) is 6.93. The third-order valence-corrected chi connectivity index (χ3v) is 3.67. The van der Waals surface area contributed by atoms with E-state index in [9.17, 15) is 4.39 Å². The van der Waals surface area contributed by atoms with E-state index in [2.05, 4.69) is 22.6 Å². The lowest BCUT2D eigenvalue weighted by molar-refractivity contribution is 0.552. The van der Waals surface area contributed by atoms with Crippen LogP contribution in [0.25, 0.3) is 0 Å². The van der Waals surface area contributed by atoms with Crippen LogP contribution in [0.1, 0.15) is 29.2 Å². The van der Waals surface area contributed by atoms with Crippen LogP contribution in [-0.4, -0.2) is 11.5 Å². The highest BCUT2D eigenvalue weighted by Crippen LogP contribution is 2.15. The molecule has 0 spiro atoms. The predicted octanol–water partition coefficient (Wildman–Crippen LogP) is 3.48. The van der Waals surface area contributed by atoms with Gasteiger partial charge in [0.05, 0.1) is 10.7 Å². The Kier molecular flexibility index (Phi) is 4.44. The fraction of sp³-hybridized carbons (Fsp3) is 0.357. The standard InChI is InChI=1S/C14H17FN2S/c1-10(14-9-18-11(2)17-14)16-8-7-12-5-3-4-6-13(12)15/h3-6,9-10,16H,7-8H2,1-2H3. The molecule has 0 amide bonds. The second-order valence-electron chi connectivity index (χ2n) is 4.31. The van der Waals surface area contributed by atoms with Gasteiger partial charge in [0.15, 0.2) is 0 Å². The smallest absolute Gasteiger partial charge is 0.126 e. The molecule has 1 unspecified atom stereocenters. The molecule has 2 aromatic rings. The number of nitrogens with one attached hydrogen (secondary N) is 1. The summed E-state index contributed by atoms with van der Waals surface area (Å²) >= 11 is 1.65. The fourth-order valence-corrected chi connectivity index (χ4v) is 2.51. The molecule has 0 aliphatic rings. The highest BCUT2D eigenvalue weighted by molar-refractivity contribution is 7.09. The SMILES string of the molecule is Cc1nc(C(C)NCCc2ccccc2F)cs1. The van der Waals surface area contributed by atoms with Gasteiger partial charge >= 0.3 is 0 Å². The Morgan fingerprint density at radius 1 is 1.39 bits per heavy atom. The number of hydrogen-bond acceptors (Lipinski definition) is 3. The van der Waals surface area contributed by atoms with Crippen molar-refractivity contribution in [2.45, 2.75) is 26.3 Å². The molecule has 0 saturated heterocycles. The zero-order chi connectivity index (χ0) is 13.0. The minimum Gasteiger partial charge on any atom is -0.308 e. The monoisotopic (exact) mass is 264 g/mol. The van der Waals surface area contributed by atoms with Crippen LogP contribution in [0.4, 0.5) is 4.39 Å². The first-order chi connectivity index (χ1) is 8.66. The lowest BCUT2D eigenvalue weighted by Crippen LogP contribution is -2.21. The maximum atomic E-state index is 13.4. The topological polar surface area (TPSA) is 24.9 Å². The average Bonchev–Trinajstić information content (AvgIpc) is 2.78. The molecule has 1 atom stereocenters. The average molecular weight is 264 g/mol. The first-order valence-electron chi connectivity index (χ1n) is 6.05. The Morgan fingerprint density at radius 3 is 2.83 bits per heavy atom. The van der Waals surface area contributed by atoms with Gasteiger partial charge in [-0.3, -0.25) is 0 Å². The molecular formula is C14H17FN2S. The van der Waals surface area contributed by atoms with Gasteiger partial charge in [-0.2, -0.15) is 0 Å². The molecule has 0 aliphatic carbocycles. The van der Waals surface area contributed by atoms with Crippen LogP contribution in [0.2, 0.25) is 0 Å². The van der Waals surface area contributed by atoms with Crippen molar-refractivity contribution in [3.63, 3.8) is 0 Å². The van der Waals surface area contributed by atoms with E-state index in [1.165, 1.54) is 6.07 Å². The summed E-state index contributed by atoms with van der Waals surface area (Å²) in [5.74, 6) is -0.128. The van der Waals surface area contributed by atoms with Crippen molar-refractivity contribution in [3.8, 4) is 0 Å². The van der Waals surface area contributed by atoms with Crippen molar-refractivity contribution in [3.05, 3.63) is 51.7 Å². The van der Waals surface area contributed by atoms with Gasteiger partial charge in [0.2, 0.25) is 0 Å². The predicted molar refractivity (Wildman–Crippen MR) is 73.4 cm³/mol. The molecular weight excluding hydrogens is 247 g/mol. The summed E-state index contributed by atoms with van der Waals surface area (Å²) < 4.78 is 13.4. The maximum Gasteiger partial charge on any atom is 0.126 e. The van der Waals surface area contributed by atoms with E-state index < -0.39 is 0 Å². The van der Waals surface area contributed by atoms with E-state index in [0.29, 0.717) is 6.42 Å². The summed E-state index contributed by atoms with van der Waals surface area (Å²) in [5, 5.41) is 6.51. The molecule has 2 nitrogen and oxygen atoms in total. The number of thiazole rings is 1. The van der Waals surface area contributed by atoms with Gasteiger partial charge in [-0.25, -0.2) is 9.37 Å². The molecule has 18 heavy (non-hydrogen) atoms. The first kappa shape index (κ1) is 13.2. The van der Waals surface area contributed by atoms with E-state index in [-0.39, 0.29) is 11.9 Å². The molecule has 1 aromatic heterocycles. The summed E-state index contributed by atoms with van der Waals surface area (Å²) in [5.41, 5.74) is 1.82. The van der Waals surface area contributed by atoms with Crippen molar-refractivity contribution in [2.75, 3.05) is 6.54 Å². The Morgan fingerprint density at radius 2 is 2.17 bits per heavy atom. The Bertz CT molecular complexity index is 510. The van der Waals surface area contributed by atoms with Gasteiger partial charge in [-0.1, -0.05) is 18.2 Å². The van der Waals surface area contributed by atoms with E-state index in [0.717, 1.165) is 22.8 Å². The summed E-state index contributed by atoms with van der Waals surface area (Å²) in [6.07, 6.45) is 0.695. The minimum absolute atomic E-state index is 0.128. The molecule has 2 rings (SSSR count). The second-order valence-corrected chi connectivity index (χ2v) is 5.37. The summed E-state index contributed by atoms with van der Waals surface area (Å²) in [4.78, 5) is 4.44. The Labute approximate surface area is 111 Å². The third kappa shape index (κ3) is 3.37. The van der Waals surface area contributed by atoms with Crippen LogP contribution in [-0.2, 0) is 6.42 Å². The lowest BCUT2D eigenvalue weighted by Gasteiger charge is -2.11. The van der Waals surface area contributed by atoms with Crippen molar-refractivity contribution in [2.24, 2.45) is 0 Å².